The number of halogens is 2. The molecule has 0 unspecified atom stereocenters. The summed E-state index contributed by atoms with van der Waals surface area (Å²) in [5, 5.41) is 14.7. The SMILES string of the molecule is COCCNC(=O)N[C@H](c1ccc(F)cc1F)C1CC(O)C1. The summed E-state index contributed by atoms with van der Waals surface area (Å²) in [4.78, 5) is 11.9. The van der Waals surface area contributed by atoms with Crippen molar-refractivity contribution >= 4 is 6.03 Å². The summed E-state index contributed by atoms with van der Waals surface area (Å²) in [6.07, 6.45) is 0.508. The molecule has 0 spiro atoms. The molecule has 2 rings (SSSR count). The second-order valence-corrected chi connectivity index (χ2v) is 5.42. The molecule has 3 N–H and O–H groups in total. The van der Waals surface area contributed by atoms with Gasteiger partial charge in [-0.15, -0.1) is 0 Å². The lowest BCUT2D eigenvalue weighted by Gasteiger charge is -2.38. The number of hydrogen-bond donors (Lipinski definition) is 3. The first-order valence-electron chi connectivity index (χ1n) is 7.17. The molecule has 7 heteroatoms. The fraction of sp³-hybridized carbons (Fsp3) is 0.533. The number of benzene rings is 1. The van der Waals surface area contributed by atoms with Crippen LogP contribution in [0, 0.1) is 17.6 Å². The number of aliphatic hydroxyl groups excluding tert-OH is 1. The van der Waals surface area contributed by atoms with E-state index in [0.717, 1.165) is 12.1 Å². The van der Waals surface area contributed by atoms with E-state index in [0.29, 0.717) is 26.0 Å². The van der Waals surface area contributed by atoms with Gasteiger partial charge in [0.25, 0.3) is 0 Å². The molecular formula is C15H20F2N2O3. The van der Waals surface area contributed by atoms with Crippen LogP contribution in [0.1, 0.15) is 24.4 Å². The van der Waals surface area contributed by atoms with Crippen LogP contribution in [0.25, 0.3) is 0 Å². The normalized spacial score (nSPS) is 21.8. The highest BCUT2D eigenvalue weighted by molar-refractivity contribution is 5.74. The van der Waals surface area contributed by atoms with E-state index in [1.807, 2.05) is 0 Å². The van der Waals surface area contributed by atoms with Gasteiger partial charge in [0.05, 0.1) is 18.8 Å². The molecule has 5 nitrogen and oxygen atoms in total. The Labute approximate surface area is 127 Å². The predicted molar refractivity (Wildman–Crippen MR) is 76.2 cm³/mol. The van der Waals surface area contributed by atoms with Crippen molar-refractivity contribution in [3.05, 3.63) is 35.4 Å². The topological polar surface area (TPSA) is 70.6 Å². The Morgan fingerprint density at radius 1 is 1.45 bits per heavy atom. The number of ether oxygens (including phenoxy) is 1. The Hall–Kier alpha value is -1.73. The summed E-state index contributed by atoms with van der Waals surface area (Å²) in [5.74, 6) is -1.45. The molecule has 1 aromatic rings. The molecule has 0 saturated heterocycles. The molecule has 2 amide bonds. The minimum atomic E-state index is -0.705. The van der Waals surface area contributed by atoms with Crippen LogP contribution < -0.4 is 10.6 Å². The van der Waals surface area contributed by atoms with Gasteiger partial charge in [-0.25, -0.2) is 13.6 Å². The summed E-state index contributed by atoms with van der Waals surface area (Å²) in [5.41, 5.74) is 0.222. The predicted octanol–water partition coefficient (Wildman–Crippen LogP) is 1.72. The third-order valence-electron chi connectivity index (χ3n) is 3.80. The summed E-state index contributed by atoms with van der Waals surface area (Å²) in [7, 11) is 1.52. The van der Waals surface area contributed by atoms with Gasteiger partial charge in [-0.05, 0) is 24.8 Å². The van der Waals surface area contributed by atoms with Crippen LogP contribution >= 0.6 is 0 Å². The molecule has 0 heterocycles. The Kier molecular flexibility index (Phi) is 5.68. The van der Waals surface area contributed by atoms with E-state index in [2.05, 4.69) is 10.6 Å². The van der Waals surface area contributed by atoms with Gasteiger partial charge in [0.2, 0.25) is 0 Å². The Morgan fingerprint density at radius 3 is 2.77 bits per heavy atom. The van der Waals surface area contributed by atoms with Crippen molar-refractivity contribution in [1.82, 2.24) is 10.6 Å². The van der Waals surface area contributed by atoms with Gasteiger partial charge >= 0.3 is 6.03 Å². The number of amides is 2. The number of hydrogen-bond acceptors (Lipinski definition) is 3. The highest BCUT2D eigenvalue weighted by atomic mass is 19.1. The van der Waals surface area contributed by atoms with Crippen molar-refractivity contribution in [3.8, 4) is 0 Å². The molecule has 0 radical (unpaired) electrons. The molecule has 0 aromatic heterocycles. The minimum absolute atomic E-state index is 0.0804. The first kappa shape index (κ1) is 16.6. The van der Waals surface area contributed by atoms with Crippen molar-refractivity contribution in [3.63, 3.8) is 0 Å². The zero-order valence-electron chi connectivity index (χ0n) is 12.3. The Balaban J connectivity index is 2.08. The van der Waals surface area contributed by atoms with E-state index in [1.165, 1.54) is 13.2 Å². The van der Waals surface area contributed by atoms with Crippen molar-refractivity contribution in [2.24, 2.45) is 5.92 Å². The maximum Gasteiger partial charge on any atom is 0.315 e. The highest BCUT2D eigenvalue weighted by Gasteiger charge is 2.36. The zero-order valence-corrected chi connectivity index (χ0v) is 12.3. The first-order valence-corrected chi connectivity index (χ1v) is 7.17. The number of methoxy groups -OCH3 is 1. The lowest BCUT2D eigenvalue weighted by molar-refractivity contribution is 0.0253. The Bertz CT molecular complexity index is 522. The number of carbonyl (C=O) groups is 1. The second kappa shape index (κ2) is 7.51. The molecule has 1 aromatic carbocycles. The third-order valence-corrected chi connectivity index (χ3v) is 3.80. The average molecular weight is 314 g/mol. The number of nitrogens with one attached hydrogen (secondary N) is 2. The molecule has 1 aliphatic carbocycles. The van der Waals surface area contributed by atoms with Crippen LogP contribution in [-0.4, -0.2) is 37.5 Å². The quantitative estimate of drug-likeness (QED) is 0.700. The van der Waals surface area contributed by atoms with E-state index in [1.54, 1.807) is 0 Å². The standard InChI is InChI=1S/C15H20F2N2O3/c1-22-5-4-18-15(21)19-14(9-6-11(20)7-9)12-3-2-10(16)8-13(12)17/h2-3,8-9,11,14,20H,4-7H2,1H3,(H2,18,19,21)/t9?,11?,14-/m0/s1. The number of aliphatic hydroxyl groups is 1. The summed E-state index contributed by atoms with van der Waals surface area (Å²) in [6.45, 7) is 0.694. The number of carbonyl (C=O) groups excluding carboxylic acids is 1. The number of urea groups is 1. The summed E-state index contributed by atoms with van der Waals surface area (Å²) in [6, 6.07) is 2.22. The molecule has 1 atom stereocenters. The van der Waals surface area contributed by atoms with Crippen molar-refractivity contribution in [2.75, 3.05) is 20.3 Å². The molecule has 0 bridgehead atoms. The molecule has 0 aliphatic heterocycles. The highest BCUT2D eigenvalue weighted by Crippen LogP contribution is 2.38. The molecule has 1 saturated carbocycles. The van der Waals surface area contributed by atoms with Crippen molar-refractivity contribution < 1.29 is 23.4 Å². The van der Waals surface area contributed by atoms with Crippen LogP contribution in [-0.2, 0) is 4.74 Å². The van der Waals surface area contributed by atoms with Crippen LogP contribution in [0.3, 0.4) is 0 Å². The smallest absolute Gasteiger partial charge is 0.315 e. The monoisotopic (exact) mass is 314 g/mol. The van der Waals surface area contributed by atoms with E-state index in [-0.39, 0.29) is 11.5 Å². The van der Waals surface area contributed by atoms with Gasteiger partial charge in [0.15, 0.2) is 0 Å². The molecule has 1 aliphatic rings. The molecule has 122 valence electrons. The van der Waals surface area contributed by atoms with Gasteiger partial charge < -0.3 is 20.5 Å². The van der Waals surface area contributed by atoms with Gasteiger partial charge in [-0.3, -0.25) is 0 Å². The first-order chi connectivity index (χ1) is 10.5. The average Bonchev–Trinajstić information content (AvgIpc) is 2.42. The van der Waals surface area contributed by atoms with Gasteiger partial charge in [0, 0.05) is 25.3 Å². The fourth-order valence-corrected chi connectivity index (χ4v) is 2.56. The lowest BCUT2D eigenvalue weighted by atomic mass is 9.75. The fourth-order valence-electron chi connectivity index (χ4n) is 2.56. The number of rotatable bonds is 6. The molecule has 22 heavy (non-hydrogen) atoms. The third kappa shape index (κ3) is 4.14. The summed E-state index contributed by atoms with van der Waals surface area (Å²) >= 11 is 0. The second-order valence-electron chi connectivity index (χ2n) is 5.42. The van der Waals surface area contributed by atoms with Crippen molar-refractivity contribution in [1.29, 1.82) is 0 Å². The molecule has 1 fully saturated rings. The molecular weight excluding hydrogens is 294 g/mol. The zero-order chi connectivity index (χ0) is 16.1. The summed E-state index contributed by atoms with van der Waals surface area (Å²) < 4.78 is 31.9. The Morgan fingerprint density at radius 2 is 2.18 bits per heavy atom. The van der Waals surface area contributed by atoms with Gasteiger partial charge in [0.1, 0.15) is 11.6 Å². The van der Waals surface area contributed by atoms with E-state index < -0.39 is 29.8 Å². The lowest BCUT2D eigenvalue weighted by Crippen LogP contribution is -2.45. The van der Waals surface area contributed by atoms with E-state index >= 15 is 0 Å². The van der Waals surface area contributed by atoms with Gasteiger partial charge in [-0.1, -0.05) is 6.07 Å². The van der Waals surface area contributed by atoms with Crippen molar-refractivity contribution in [2.45, 2.75) is 25.0 Å². The van der Waals surface area contributed by atoms with E-state index in [9.17, 15) is 18.7 Å². The maximum atomic E-state index is 14.0. The van der Waals surface area contributed by atoms with E-state index in [4.69, 9.17) is 4.74 Å². The maximum absolute atomic E-state index is 14.0. The van der Waals surface area contributed by atoms with Crippen LogP contribution in [0.4, 0.5) is 13.6 Å². The largest absolute Gasteiger partial charge is 0.393 e. The van der Waals surface area contributed by atoms with Crippen LogP contribution in [0.15, 0.2) is 18.2 Å². The van der Waals surface area contributed by atoms with Crippen LogP contribution in [0.5, 0.6) is 0 Å². The minimum Gasteiger partial charge on any atom is -0.393 e. The van der Waals surface area contributed by atoms with Gasteiger partial charge in [-0.2, -0.15) is 0 Å². The van der Waals surface area contributed by atoms with Crippen LogP contribution in [0.2, 0.25) is 0 Å².